The lowest BCUT2D eigenvalue weighted by Gasteiger charge is -2.26. The smallest absolute Gasteiger partial charge is 0.178 e. The third kappa shape index (κ3) is 3.88. The zero-order valence-electron chi connectivity index (χ0n) is 14.7. The molecule has 1 aliphatic heterocycles. The maximum atomic E-state index is 13.2. The quantitative estimate of drug-likeness (QED) is 0.721. The van der Waals surface area contributed by atoms with Crippen molar-refractivity contribution in [2.75, 3.05) is 17.6 Å². The molecule has 1 N–H and O–H groups in total. The minimum absolute atomic E-state index is 0.00572. The molecule has 0 spiro atoms. The molecule has 1 aliphatic rings. The van der Waals surface area contributed by atoms with Crippen molar-refractivity contribution >= 4 is 15.5 Å². The average molecular weight is 381 g/mol. The van der Waals surface area contributed by atoms with Gasteiger partial charge in [-0.15, -0.1) is 0 Å². The predicted molar refractivity (Wildman–Crippen MR) is 106 cm³/mol. The number of hydrogen-bond donors (Lipinski definition) is 1. The van der Waals surface area contributed by atoms with Crippen LogP contribution >= 0.6 is 0 Å². The highest BCUT2D eigenvalue weighted by Crippen LogP contribution is 2.31. The summed E-state index contributed by atoms with van der Waals surface area (Å²) in [6, 6.07) is 21.1. The van der Waals surface area contributed by atoms with Crippen LogP contribution in [0.4, 0.5) is 10.1 Å². The fourth-order valence-corrected chi connectivity index (χ4v) is 5.17. The number of benzene rings is 3. The Balaban J connectivity index is 1.55. The van der Waals surface area contributed by atoms with Gasteiger partial charge in [-0.3, -0.25) is 0 Å². The van der Waals surface area contributed by atoms with Gasteiger partial charge in [-0.25, -0.2) is 12.8 Å². The molecule has 3 aromatic rings. The lowest BCUT2D eigenvalue weighted by Crippen LogP contribution is -2.29. The van der Waals surface area contributed by atoms with Crippen LogP contribution in [0.2, 0.25) is 0 Å². The molecule has 1 atom stereocenters. The van der Waals surface area contributed by atoms with E-state index in [1.54, 1.807) is 36.4 Å². The molecule has 0 amide bonds. The Bertz CT molecular complexity index is 1050. The first-order valence-corrected chi connectivity index (χ1v) is 10.6. The summed E-state index contributed by atoms with van der Waals surface area (Å²) in [6.07, 6.45) is 0.698. The van der Waals surface area contributed by atoms with Gasteiger partial charge >= 0.3 is 0 Å². The van der Waals surface area contributed by atoms with Gasteiger partial charge in [0.1, 0.15) is 5.82 Å². The molecule has 0 radical (unpaired) electrons. The molecular formula is C22H20FNO2S. The number of rotatable bonds is 4. The van der Waals surface area contributed by atoms with Crippen molar-refractivity contribution in [1.29, 1.82) is 0 Å². The molecule has 0 saturated heterocycles. The minimum Gasteiger partial charge on any atom is -0.384 e. The van der Waals surface area contributed by atoms with E-state index >= 15 is 0 Å². The van der Waals surface area contributed by atoms with Gasteiger partial charge in [-0.2, -0.15) is 0 Å². The molecule has 0 saturated carbocycles. The van der Waals surface area contributed by atoms with E-state index in [2.05, 4.69) is 11.4 Å². The third-order valence-electron chi connectivity index (χ3n) is 4.93. The largest absolute Gasteiger partial charge is 0.384 e. The minimum atomic E-state index is -3.31. The second kappa shape index (κ2) is 7.16. The third-order valence-corrected chi connectivity index (χ3v) is 6.83. The number of anilines is 1. The first kappa shape index (κ1) is 17.7. The molecule has 0 aliphatic carbocycles. The van der Waals surface area contributed by atoms with E-state index in [-0.39, 0.29) is 17.5 Å². The zero-order chi connectivity index (χ0) is 18.9. The van der Waals surface area contributed by atoms with E-state index < -0.39 is 9.84 Å². The first-order valence-electron chi connectivity index (χ1n) is 8.92. The monoisotopic (exact) mass is 381 g/mol. The normalized spacial score (nSPS) is 16.4. The van der Waals surface area contributed by atoms with Gasteiger partial charge in [0.05, 0.1) is 10.6 Å². The van der Waals surface area contributed by atoms with Crippen LogP contribution < -0.4 is 5.32 Å². The molecule has 0 fully saturated rings. The molecule has 138 valence electrons. The van der Waals surface area contributed by atoms with Crippen LogP contribution in [0, 0.1) is 11.7 Å². The van der Waals surface area contributed by atoms with Gasteiger partial charge in [0.2, 0.25) is 0 Å². The Hall–Kier alpha value is -2.66. The average Bonchev–Trinajstić information content (AvgIpc) is 2.68. The van der Waals surface area contributed by atoms with E-state index in [4.69, 9.17) is 0 Å². The van der Waals surface area contributed by atoms with Crippen molar-refractivity contribution in [2.45, 2.75) is 11.3 Å². The molecule has 4 rings (SSSR count). The molecule has 5 heteroatoms. The summed E-state index contributed by atoms with van der Waals surface area (Å²) in [5.74, 6) is -0.139. The van der Waals surface area contributed by atoms with E-state index in [0.29, 0.717) is 17.9 Å². The Morgan fingerprint density at radius 2 is 1.63 bits per heavy atom. The summed E-state index contributed by atoms with van der Waals surface area (Å²) in [7, 11) is -3.31. The fourth-order valence-electron chi connectivity index (χ4n) is 3.55. The Morgan fingerprint density at radius 1 is 0.926 bits per heavy atom. The van der Waals surface area contributed by atoms with Crippen LogP contribution in [0.3, 0.4) is 0 Å². The highest BCUT2D eigenvalue weighted by atomic mass is 32.2. The van der Waals surface area contributed by atoms with Crippen LogP contribution in [0.5, 0.6) is 0 Å². The molecule has 1 heterocycles. The van der Waals surface area contributed by atoms with Crippen molar-refractivity contribution in [1.82, 2.24) is 0 Å². The second-order valence-corrected chi connectivity index (χ2v) is 8.96. The molecule has 0 aromatic heterocycles. The van der Waals surface area contributed by atoms with Crippen molar-refractivity contribution in [3.05, 3.63) is 84.2 Å². The molecule has 3 aromatic carbocycles. The number of halogens is 1. The predicted octanol–water partition coefficient (Wildman–Crippen LogP) is 4.55. The maximum absolute atomic E-state index is 13.2. The summed E-state index contributed by atoms with van der Waals surface area (Å²) in [6.45, 7) is 0.634. The van der Waals surface area contributed by atoms with Gasteiger partial charge in [0.25, 0.3) is 0 Å². The lowest BCUT2D eigenvalue weighted by molar-refractivity contribution is 0.553. The summed E-state index contributed by atoms with van der Waals surface area (Å²) in [4.78, 5) is 0.371. The summed E-state index contributed by atoms with van der Waals surface area (Å²) >= 11 is 0. The van der Waals surface area contributed by atoms with Crippen LogP contribution in [-0.4, -0.2) is 20.7 Å². The highest BCUT2D eigenvalue weighted by molar-refractivity contribution is 7.91. The van der Waals surface area contributed by atoms with E-state index in [1.807, 2.05) is 18.2 Å². The van der Waals surface area contributed by atoms with Gasteiger partial charge in [-0.1, -0.05) is 36.4 Å². The van der Waals surface area contributed by atoms with Crippen molar-refractivity contribution in [3.8, 4) is 11.1 Å². The molecule has 1 unspecified atom stereocenters. The van der Waals surface area contributed by atoms with E-state index in [0.717, 1.165) is 22.4 Å². The SMILES string of the molecule is O=S(=O)(CC1CNc2ccc(-c3ccc(F)cc3)cc2C1)c1ccccc1. The Kier molecular flexibility index (Phi) is 4.70. The van der Waals surface area contributed by atoms with Crippen molar-refractivity contribution < 1.29 is 12.8 Å². The van der Waals surface area contributed by atoms with Crippen LogP contribution in [0.15, 0.2) is 77.7 Å². The molecule has 3 nitrogen and oxygen atoms in total. The summed E-state index contributed by atoms with van der Waals surface area (Å²) in [5, 5.41) is 3.35. The number of sulfone groups is 1. The van der Waals surface area contributed by atoms with E-state index in [1.165, 1.54) is 12.1 Å². The van der Waals surface area contributed by atoms with Gasteiger partial charge in [0, 0.05) is 12.2 Å². The lowest BCUT2D eigenvalue weighted by atomic mass is 9.92. The van der Waals surface area contributed by atoms with Crippen LogP contribution in [0.25, 0.3) is 11.1 Å². The van der Waals surface area contributed by atoms with Crippen molar-refractivity contribution in [3.63, 3.8) is 0 Å². The standard InChI is InChI=1S/C22H20FNO2S/c23-20-9-6-17(7-10-20)18-8-11-22-19(13-18)12-16(14-24-22)15-27(25,26)21-4-2-1-3-5-21/h1-11,13,16,24H,12,14-15H2. The first-order chi connectivity index (χ1) is 13.0. The van der Waals surface area contributed by atoms with Gasteiger partial charge < -0.3 is 5.32 Å². The summed E-state index contributed by atoms with van der Waals surface area (Å²) < 4.78 is 38.5. The topological polar surface area (TPSA) is 46.2 Å². The molecule has 0 bridgehead atoms. The number of hydrogen-bond acceptors (Lipinski definition) is 3. The Morgan fingerprint density at radius 3 is 2.37 bits per heavy atom. The zero-order valence-corrected chi connectivity index (χ0v) is 15.5. The van der Waals surface area contributed by atoms with Crippen LogP contribution in [-0.2, 0) is 16.3 Å². The number of nitrogens with one attached hydrogen (secondary N) is 1. The van der Waals surface area contributed by atoms with Crippen molar-refractivity contribution in [2.24, 2.45) is 5.92 Å². The highest BCUT2D eigenvalue weighted by Gasteiger charge is 2.25. The van der Waals surface area contributed by atoms with E-state index in [9.17, 15) is 12.8 Å². The maximum Gasteiger partial charge on any atom is 0.178 e. The Labute approximate surface area is 158 Å². The molecule has 27 heavy (non-hydrogen) atoms. The van der Waals surface area contributed by atoms with Gasteiger partial charge in [0.15, 0.2) is 9.84 Å². The molecular weight excluding hydrogens is 361 g/mol. The van der Waals surface area contributed by atoms with Gasteiger partial charge in [-0.05, 0) is 65.4 Å². The number of fused-ring (bicyclic) bond motifs is 1. The van der Waals surface area contributed by atoms with Crippen LogP contribution in [0.1, 0.15) is 5.56 Å². The second-order valence-electron chi connectivity index (χ2n) is 6.92. The summed E-state index contributed by atoms with van der Waals surface area (Å²) in [5.41, 5.74) is 4.07. The fraction of sp³-hybridized carbons (Fsp3) is 0.182.